The molecule has 0 spiro atoms. The van der Waals surface area contributed by atoms with Crippen LogP contribution in [0.5, 0.6) is 6.01 Å². The lowest BCUT2D eigenvalue weighted by molar-refractivity contribution is -0.0562. The average molecular weight is 517 g/mol. The lowest BCUT2D eigenvalue weighted by atomic mass is 10.1. The maximum absolute atomic E-state index is 13.1. The lowest BCUT2D eigenvalue weighted by Crippen LogP contribution is -2.32. The van der Waals surface area contributed by atoms with E-state index in [-0.39, 0.29) is 18.4 Å². The van der Waals surface area contributed by atoms with Crippen LogP contribution in [0.3, 0.4) is 0 Å². The molecule has 0 bridgehead atoms. The number of aromatic nitrogens is 3. The Bertz CT molecular complexity index is 1500. The summed E-state index contributed by atoms with van der Waals surface area (Å²) in [5.74, 6) is -0.677. The van der Waals surface area contributed by atoms with Crippen LogP contribution in [0.4, 0.5) is 5.82 Å². The van der Waals surface area contributed by atoms with E-state index in [2.05, 4.69) is 9.97 Å². The number of hydrogen-bond acceptors (Lipinski definition) is 9. The Labute approximate surface area is 219 Å². The summed E-state index contributed by atoms with van der Waals surface area (Å²) in [5, 5.41) is 0.636. The first-order chi connectivity index (χ1) is 18.4. The van der Waals surface area contributed by atoms with Gasteiger partial charge >= 0.3 is 17.9 Å². The van der Waals surface area contributed by atoms with E-state index in [1.165, 1.54) is 7.11 Å². The molecule has 0 amide bonds. The largest absolute Gasteiger partial charge is 0.467 e. The molecular weight excluding hydrogens is 488 g/mol. The number of rotatable bonds is 7. The second kappa shape index (κ2) is 10.5. The van der Waals surface area contributed by atoms with Gasteiger partial charge in [0, 0.05) is 12.6 Å². The Kier molecular flexibility index (Phi) is 6.97. The molecule has 2 N–H and O–H groups in total. The van der Waals surface area contributed by atoms with Crippen LogP contribution in [-0.4, -0.2) is 52.4 Å². The van der Waals surface area contributed by atoms with Crippen molar-refractivity contribution in [2.75, 3.05) is 19.5 Å². The molecule has 1 aliphatic heterocycles. The van der Waals surface area contributed by atoms with Crippen LogP contribution in [-0.2, 0) is 14.2 Å². The van der Waals surface area contributed by atoms with Crippen molar-refractivity contribution in [2.24, 2.45) is 0 Å². The molecular formula is C28H28N4O6. The summed E-state index contributed by atoms with van der Waals surface area (Å²) < 4.78 is 24.8. The molecule has 38 heavy (non-hydrogen) atoms. The number of nitrogens with zero attached hydrogens (tertiary/aromatic N) is 3. The number of benzene rings is 2. The molecule has 3 heterocycles. The number of hydrogen-bond donors (Lipinski definition) is 1. The highest BCUT2D eigenvalue weighted by Gasteiger charge is 2.40. The molecule has 0 radical (unpaired) electrons. The summed E-state index contributed by atoms with van der Waals surface area (Å²) in [6.07, 6.45) is 0.125. The molecule has 3 atom stereocenters. The van der Waals surface area contributed by atoms with Gasteiger partial charge < -0.3 is 29.2 Å². The highest BCUT2D eigenvalue weighted by Crippen LogP contribution is 2.35. The van der Waals surface area contributed by atoms with E-state index in [4.69, 9.17) is 24.7 Å². The van der Waals surface area contributed by atoms with Crippen LogP contribution in [0.15, 0.2) is 60.8 Å². The SMILES string of the molecule is COc1nc(N)c2ccn([C@H]3C[C@H](OC(=O)c4ccccc4C)[C@@H](COC(=O)c4ccccc4C)O3)c2n1. The van der Waals surface area contributed by atoms with Crippen LogP contribution >= 0.6 is 0 Å². The van der Waals surface area contributed by atoms with Gasteiger partial charge in [0.15, 0.2) is 5.65 Å². The molecule has 0 unspecified atom stereocenters. The fourth-order valence-corrected chi connectivity index (χ4v) is 4.55. The van der Waals surface area contributed by atoms with Crippen molar-refractivity contribution in [3.8, 4) is 6.01 Å². The van der Waals surface area contributed by atoms with Gasteiger partial charge in [-0.15, -0.1) is 0 Å². The predicted octanol–water partition coefficient (Wildman–Crippen LogP) is 4.01. The van der Waals surface area contributed by atoms with Crippen molar-refractivity contribution in [3.63, 3.8) is 0 Å². The van der Waals surface area contributed by atoms with Crippen LogP contribution < -0.4 is 10.5 Å². The molecule has 196 valence electrons. The smallest absolute Gasteiger partial charge is 0.338 e. The fourth-order valence-electron chi connectivity index (χ4n) is 4.55. The summed E-state index contributed by atoms with van der Waals surface area (Å²) in [6, 6.07) is 16.3. The van der Waals surface area contributed by atoms with Gasteiger partial charge in [-0.1, -0.05) is 36.4 Å². The van der Waals surface area contributed by atoms with E-state index >= 15 is 0 Å². The molecule has 2 aromatic carbocycles. The number of carbonyl (C=O) groups excluding carboxylic acids is 2. The summed E-state index contributed by atoms with van der Waals surface area (Å²) in [5.41, 5.74) is 9.12. The van der Waals surface area contributed by atoms with E-state index in [0.717, 1.165) is 11.1 Å². The van der Waals surface area contributed by atoms with E-state index in [1.807, 2.05) is 38.1 Å². The van der Waals surface area contributed by atoms with Gasteiger partial charge in [0.25, 0.3) is 0 Å². The van der Waals surface area contributed by atoms with Gasteiger partial charge in [0.05, 0.1) is 23.6 Å². The zero-order chi connectivity index (χ0) is 26.8. The van der Waals surface area contributed by atoms with E-state index < -0.39 is 30.4 Å². The molecule has 2 aromatic heterocycles. The zero-order valence-electron chi connectivity index (χ0n) is 21.3. The Morgan fingerprint density at radius 3 is 2.32 bits per heavy atom. The summed E-state index contributed by atoms with van der Waals surface area (Å²) in [6.45, 7) is 3.58. The van der Waals surface area contributed by atoms with Gasteiger partial charge in [-0.2, -0.15) is 9.97 Å². The van der Waals surface area contributed by atoms with Gasteiger partial charge in [0.2, 0.25) is 0 Å². The van der Waals surface area contributed by atoms with Crippen molar-refractivity contribution in [1.82, 2.24) is 14.5 Å². The predicted molar refractivity (Wildman–Crippen MR) is 139 cm³/mol. The van der Waals surface area contributed by atoms with Crippen LogP contribution in [0, 0.1) is 13.8 Å². The third kappa shape index (κ3) is 4.90. The number of anilines is 1. The first kappa shape index (κ1) is 25.2. The normalized spacial score (nSPS) is 18.9. The maximum Gasteiger partial charge on any atom is 0.338 e. The Morgan fingerprint density at radius 1 is 1.00 bits per heavy atom. The molecule has 5 rings (SSSR count). The maximum atomic E-state index is 13.1. The first-order valence-corrected chi connectivity index (χ1v) is 12.2. The average Bonchev–Trinajstić information content (AvgIpc) is 3.51. The minimum Gasteiger partial charge on any atom is -0.467 e. The van der Waals surface area contributed by atoms with E-state index in [0.29, 0.717) is 28.6 Å². The summed E-state index contributed by atoms with van der Waals surface area (Å²) in [7, 11) is 1.46. The van der Waals surface area contributed by atoms with Crippen molar-refractivity contribution in [1.29, 1.82) is 0 Å². The Morgan fingerprint density at radius 2 is 1.66 bits per heavy atom. The zero-order valence-corrected chi connectivity index (χ0v) is 21.3. The number of esters is 2. The third-order valence-corrected chi connectivity index (χ3v) is 6.62. The van der Waals surface area contributed by atoms with Crippen molar-refractivity contribution in [3.05, 3.63) is 83.0 Å². The molecule has 10 heteroatoms. The molecule has 1 aliphatic rings. The second-order valence-electron chi connectivity index (χ2n) is 9.09. The number of nitrogen functional groups attached to an aromatic ring is 1. The number of nitrogens with two attached hydrogens (primary N) is 1. The molecule has 0 aliphatic carbocycles. The summed E-state index contributed by atoms with van der Waals surface area (Å²) in [4.78, 5) is 34.4. The highest BCUT2D eigenvalue weighted by atomic mass is 16.6. The lowest BCUT2D eigenvalue weighted by Gasteiger charge is -2.19. The quantitative estimate of drug-likeness (QED) is 0.362. The number of fused-ring (bicyclic) bond motifs is 1. The van der Waals surface area contributed by atoms with E-state index in [9.17, 15) is 9.59 Å². The summed E-state index contributed by atoms with van der Waals surface area (Å²) >= 11 is 0. The highest BCUT2D eigenvalue weighted by molar-refractivity contribution is 5.91. The second-order valence-corrected chi connectivity index (χ2v) is 9.09. The van der Waals surface area contributed by atoms with Crippen LogP contribution in [0.2, 0.25) is 0 Å². The van der Waals surface area contributed by atoms with Crippen LogP contribution in [0.1, 0.15) is 44.5 Å². The van der Waals surface area contributed by atoms with Crippen molar-refractivity contribution >= 4 is 28.8 Å². The van der Waals surface area contributed by atoms with Crippen LogP contribution in [0.25, 0.3) is 11.0 Å². The topological polar surface area (TPSA) is 128 Å². The Hall–Kier alpha value is -4.44. The first-order valence-electron chi connectivity index (χ1n) is 12.2. The molecule has 1 saturated heterocycles. The van der Waals surface area contributed by atoms with Gasteiger partial charge in [-0.25, -0.2) is 9.59 Å². The Balaban J connectivity index is 1.40. The van der Waals surface area contributed by atoms with Gasteiger partial charge in [0.1, 0.15) is 30.9 Å². The fraction of sp³-hybridized carbons (Fsp3) is 0.286. The number of ether oxygens (including phenoxy) is 4. The number of aryl methyl sites for hydroxylation is 2. The molecule has 10 nitrogen and oxygen atoms in total. The molecule has 0 saturated carbocycles. The third-order valence-electron chi connectivity index (χ3n) is 6.62. The standard InChI is InChI=1S/C28H28N4O6/c1-16-8-4-6-10-18(16)26(33)36-15-22-21(38-27(34)19-11-7-5-9-17(19)2)14-23(37-22)32-13-12-20-24(29)30-28(35-3)31-25(20)32/h4-13,21-23H,14-15H2,1-3H3,(H2,29,30,31)/t21-,22+,23+/m0/s1. The number of methoxy groups -OCH3 is 1. The van der Waals surface area contributed by atoms with Crippen molar-refractivity contribution < 1.29 is 28.5 Å². The van der Waals surface area contributed by atoms with E-state index in [1.54, 1.807) is 41.1 Å². The molecule has 1 fully saturated rings. The number of carbonyl (C=O) groups is 2. The minimum atomic E-state index is -0.709. The minimum absolute atomic E-state index is 0.102. The molecule has 4 aromatic rings. The van der Waals surface area contributed by atoms with Crippen molar-refractivity contribution in [2.45, 2.75) is 38.7 Å². The van der Waals surface area contributed by atoms with Gasteiger partial charge in [-0.3, -0.25) is 0 Å². The monoisotopic (exact) mass is 516 g/mol. The van der Waals surface area contributed by atoms with Gasteiger partial charge in [-0.05, 0) is 43.2 Å².